The van der Waals surface area contributed by atoms with E-state index in [-0.39, 0.29) is 0 Å². The maximum Gasteiger partial charge on any atom is 0.185 e. The molecule has 0 bridgehead atoms. The number of piperidine rings is 1. The number of rotatable bonds is 4. The Morgan fingerprint density at radius 1 is 1.23 bits per heavy atom. The smallest absolute Gasteiger partial charge is 0.185 e. The lowest BCUT2D eigenvalue weighted by Gasteiger charge is -2.22. The fourth-order valence-electron chi connectivity index (χ4n) is 3.63. The van der Waals surface area contributed by atoms with Crippen LogP contribution in [0.3, 0.4) is 0 Å². The lowest BCUT2D eigenvalue weighted by molar-refractivity contribution is 0.322. The Labute approximate surface area is 153 Å². The van der Waals surface area contributed by atoms with Crippen molar-refractivity contribution in [2.24, 2.45) is 5.92 Å². The van der Waals surface area contributed by atoms with Gasteiger partial charge in [-0.25, -0.2) is 9.67 Å². The van der Waals surface area contributed by atoms with Crippen LogP contribution in [0, 0.1) is 26.7 Å². The Morgan fingerprint density at radius 3 is 2.88 bits per heavy atom. The first-order valence-electron chi connectivity index (χ1n) is 9.22. The van der Waals surface area contributed by atoms with Crippen molar-refractivity contribution in [3.05, 3.63) is 41.3 Å². The van der Waals surface area contributed by atoms with Gasteiger partial charge in [0, 0.05) is 6.54 Å². The minimum Gasteiger partial charge on any atom is -0.316 e. The van der Waals surface area contributed by atoms with Crippen molar-refractivity contribution in [3.8, 4) is 17.2 Å². The molecule has 0 amide bonds. The van der Waals surface area contributed by atoms with E-state index in [9.17, 15) is 0 Å². The molecule has 7 nitrogen and oxygen atoms in total. The van der Waals surface area contributed by atoms with Gasteiger partial charge in [-0.15, -0.1) is 5.10 Å². The fourth-order valence-corrected chi connectivity index (χ4v) is 3.63. The van der Waals surface area contributed by atoms with Crippen LogP contribution < -0.4 is 5.32 Å². The minimum absolute atomic E-state index is 0.609. The van der Waals surface area contributed by atoms with E-state index in [0.29, 0.717) is 5.92 Å². The molecule has 1 aromatic carbocycles. The van der Waals surface area contributed by atoms with Crippen LogP contribution in [0.15, 0.2) is 24.4 Å². The van der Waals surface area contributed by atoms with Gasteiger partial charge in [-0.05, 0) is 64.3 Å². The summed E-state index contributed by atoms with van der Waals surface area (Å²) >= 11 is 0. The summed E-state index contributed by atoms with van der Waals surface area (Å²) in [5, 5.41) is 16.7. The zero-order chi connectivity index (χ0) is 18.1. The zero-order valence-corrected chi connectivity index (χ0v) is 15.6. The third-order valence-corrected chi connectivity index (χ3v) is 4.91. The van der Waals surface area contributed by atoms with Gasteiger partial charge in [0.1, 0.15) is 11.5 Å². The lowest BCUT2D eigenvalue weighted by Crippen LogP contribution is -2.32. The highest BCUT2D eigenvalue weighted by atomic mass is 15.4. The van der Waals surface area contributed by atoms with E-state index in [1.54, 1.807) is 0 Å². The first kappa shape index (κ1) is 16.9. The van der Waals surface area contributed by atoms with Gasteiger partial charge >= 0.3 is 0 Å². The summed E-state index contributed by atoms with van der Waals surface area (Å²) in [6, 6.07) is 6.33. The van der Waals surface area contributed by atoms with Crippen LogP contribution in [0.25, 0.3) is 17.2 Å². The quantitative estimate of drug-likeness (QED) is 0.781. The zero-order valence-electron chi connectivity index (χ0n) is 15.6. The van der Waals surface area contributed by atoms with Crippen molar-refractivity contribution in [3.63, 3.8) is 0 Å². The van der Waals surface area contributed by atoms with Crippen LogP contribution >= 0.6 is 0 Å². The van der Waals surface area contributed by atoms with Crippen molar-refractivity contribution in [2.75, 3.05) is 13.1 Å². The number of aryl methyl sites for hydroxylation is 3. The molecule has 0 aliphatic carbocycles. The van der Waals surface area contributed by atoms with E-state index in [1.807, 2.05) is 22.5 Å². The van der Waals surface area contributed by atoms with E-state index in [1.165, 1.54) is 18.4 Å². The number of nitrogens with zero attached hydrogens (tertiary/aromatic N) is 6. The van der Waals surface area contributed by atoms with Crippen molar-refractivity contribution in [2.45, 2.75) is 40.2 Å². The molecule has 26 heavy (non-hydrogen) atoms. The average Bonchev–Trinajstić information content (AvgIpc) is 3.22. The van der Waals surface area contributed by atoms with Crippen molar-refractivity contribution in [1.29, 1.82) is 0 Å². The fraction of sp³-hybridized carbons (Fsp3) is 0.474. The first-order valence-corrected chi connectivity index (χ1v) is 9.22. The molecule has 136 valence electrons. The molecular weight excluding hydrogens is 326 g/mol. The number of hydrogen-bond donors (Lipinski definition) is 1. The van der Waals surface area contributed by atoms with E-state index < -0.39 is 0 Å². The van der Waals surface area contributed by atoms with Crippen molar-refractivity contribution >= 4 is 0 Å². The molecule has 3 heterocycles. The van der Waals surface area contributed by atoms with Gasteiger partial charge in [0.25, 0.3) is 0 Å². The normalized spacial score (nSPS) is 17.6. The second-order valence-electron chi connectivity index (χ2n) is 7.22. The third-order valence-electron chi connectivity index (χ3n) is 4.91. The maximum absolute atomic E-state index is 4.60. The lowest BCUT2D eigenvalue weighted by atomic mass is 10.00. The van der Waals surface area contributed by atoms with Gasteiger partial charge in [0.05, 0.1) is 11.9 Å². The molecule has 1 atom stereocenters. The molecule has 1 fully saturated rings. The molecule has 4 rings (SSSR count). The predicted octanol–water partition coefficient (Wildman–Crippen LogP) is 2.45. The number of aromatic nitrogens is 6. The maximum atomic E-state index is 4.60. The summed E-state index contributed by atoms with van der Waals surface area (Å²) in [7, 11) is 0. The summed E-state index contributed by atoms with van der Waals surface area (Å²) in [4.78, 5) is 4.60. The topological polar surface area (TPSA) is 73.5 Å². The predicted molar refractivity (Wildman–Crippen MR) is 100 cm³/mol. The summed E-state index contributed by atoms with van der Waals surface area (Å²) in [6.45, 7) is 9.15. The Kier molecular flexibility index (Phi) is 4.55. The molecule has 1 saturated heterocycles. The molecule has 1 aliphatic rings. The highest BCUT2D eigenvalue weighted by Crippen LogP contribution is 2.22. The molecule has 1 unspecified atom stereocenters. The molecule has 2 aromatic heterocycles. The second kappa shape index (κ2) is 6.99. The summed E-state index contributed by atoms with van der Waals surface area (Å²) in [5.41, 5.74) is 4.18. The number of hydrogen-bond acceptors (Lipinski definition) is 5. The second-order valence-corrected chi connectivity index (χ2v) is 7.22. The van der Waals surface area contributed by atoms with E-state index in [2.05, 4.69) is 57.8 Å². The summed E-state index contributed by atoms with van der Waals surface area (Å²) in [5.74, 6) is 2.07. The Morgan fingerprint density at radius 2 is 2.12 bits per heavy atom. The summed E-state index contributed by atoms with van der Waals surface area (Å²) in [6.07, 6.45) is 4.45. The SMILES string of the molecule is Cc1ccc(-n2nc(C)nc2-c2cn(CC3CCCNC3)nn2)c(C)c1. The number of benzene rings is 1. The Bertz CT molecular complexity index is 903. The standard InChI is InChI=1S/C19H25N7/c1-13-6-7-18(14(2)9-13)26-19(21-15(3)23-26)17-12-25(24-22-17)11-16-5-4-8-20-10-16/h6-7,9,12,16,20H,4-5,8,10-11H2,1-3H3. The van der Waals surface area contributed by atoms with Crippen LogP contribution in [0.1, 0.15) is 29.8 Å². The Hall–Kier alpha value is -2.54. The minimum atomic E-state index is 0.609. The molecule has 0 spiro atoms. The van der Waals surface area contributed by atoms with Crippen LogP contribution in [0.4, 0.5) is 0 Å². The monoisotopic (exact) mass is 351 g/mol. The van der Waals surface area contributed by atoms with Gasteiger partial charge in [0.2, 0.25) is 0 Å². The third kappa shape index (κ3) is 3.39. The Balaban J connectivity index is 1.64. The van der Waals surface area contributed by atoms with Gasteiger partial charge in [0.15, 0.2) is 5.82 Å². The van der Waals surface area contributed by atoms with Gasteiger partial charge in [-0.1, -0.05) is 22.9 Å². The van der Waals surface area contributed by atoms with Crippen molar-refractivity contribution in [1.82, 2.24) is 35.1 Å². The molecular formula is C19H25N7. The average molecular weight is 351 g/mol. The van der Waals surface area contributed by atoms with Crippen LogP contribution in [-0.2, 0) is 6.54 Å². The van der Waals surface area contributed by atoms with Gasteiger partial charge in [-0.2, -0.15) is 5.10 Å². The molecule has 0 saturated carbocycles. The largest absolute Gasteiger partial charge is 0.316 e. The van der Waals surface area contributed by atoms with Gasteiger partial charge < -0.3 is 5.32 Å². The summed E-state index contributed by atoms with van der Waals surface area (Å²) < 4.78 is 3.81. The molecule has 0 radical (unpaired) electrons. The van der Waals surface area contributed by atoms with E-state index in [4.69, 9.17) is 0 Å². The molecule has 7 heteroatoms. The molecule has 1 aliphatic heterocycles. The first-order chi connectivity index (χ1) is 12.6. The molecule has 3 aromatic rings. The highest BCUT2D eigenvalue weighted by molar-refractivity contribution is 5.54. The van der Waals surface area contributed by atoms with Gasteiger partial charge in [-0.3, -0.25) is 4.68 Å². The van der Waals surface area contributed by atoms with Crippen molar-refractivity contribution < 1.29 is 0 Å². The van der Waals surface area contributed by atoms with Crippen LogP contribution in [0.2, 0.25) is 0 Å². The van der Waals surface area contributed by atoms with E-state index in [0.717, 1.165) is 48.2 Å². The van der Waals surface area contributed by atoms with Crippen LogP contribution in [0.5, 0.6) is 0 Å². The molecule has 1 N–H and O–H groups in total. The van der Waals surface area contributed by atoms with E-state index >= 15 is 0 Å². The number of nitrogens with one attached hydrogen (secondary N) is 1. The highest BCUT2D eigenvalue weighted by Gasteiger charge is 2.18. The van der Waals surface area contributed by atoms with Crippen LogP contribution in [-0.4, -0.2) is 42.8 Å².